The van der Waals surface area contributed by atoms with Gasteiger partial charge in [0.15, 0.2) is 5.65 Å². The quantitative estimate of drug-likeness (QED) is 0.867. The van der Waals surface area contributed by atoms with Gasteiger partial charge in [-0.3, -0.25) is 4.79 Å². The Morgan fingerprint density at radius 2 is 2.08 bits per heavy atom. The van der Waals surface area contributed by atoms with Crippen molar-refractivity contribution in [3.63, 3.8) is 0 Å². The molecule has 2 aromatic rings. The number of carbonyl (C=O) groups is 1. The fraction of sp³-hybridized carbons (Fsp3) is 0.647. The van der Waals surface area contributed by atoms with Crippen molar-refractivity contribution in [1.82, 2.24) is 24.6 Å². The molecule has 1 atom stereocenters. The van der Waals surface area contributed by atoms with Crippen molar-refractivity contribution in [3.05, 3.63) is 18.1 Å². The molecule has 0 bridgehead atoms. The average Bonchev–Trinajstić information content (AvgIpc) is 3.22. The minimum atomic E-state index is 0.134. The maximum absolute atomic E-state index is 12.6. The van der Waals surface area contributed by atoms with Crippen LogP contribution in [0.1, 0.15) is 44.7 Å². The lowest BCUT2D eigenvalue weighted by Gasteiger charge is -2.21. The summed E-state index contributed by atoms with van der Waals surface area (Å²) < 4.78 is 1.84. The highest BCUT2D eigenvalue weighted by atomic mass is 16.2. The van der Waals surface area contributed by atoms with Crippen molar-refractivity contribution in [2.75, 3.05) is 19.6 Å². The molecule has 1 amide bonds. The van der Waals surface area contributed by atoms with Crippen LogP contribution in [0.5, 0.6) is 0 Å². The second kappa shape index (κ2) is 7.25. The summed E-state index contributed by atoms with van der Waals surface area (Å²) in [5.41, 5.74) is 8.25. The molecule has 2 N–H and O–H groups in total. The Morgan fingerprint density at radius 3 is 2.79 bits per heavy atom. The van der Waals surface area contributed by atoms with Crippen molar-refractivity contribution in [2.45, 2.75) is 45.6 Å². The van der Waals surface area contributed by atoms with Crippen LogP contribution < -0.4 is 5.73 Å². The van der Waals surface area contributed by atoms with Crippen molar-refractivity contribution >= 4 is 17.1 Å². The number of likely N-dealkylation sites (tertiary alicyclic amines) is 1. The van der Waals surface area contributed by atoms with Crippen molar-refractivity contribution in [2.24, 2.45) is 11.7 Å². The molecule has 0 radical (unpaired) electrons. The van der Waals surface area contributed by atoms with E-state index in [1.807, 2.05) is 9.58 Å². The van der Waals surface area contributed by atoms with Crippen LogP contribution in [-0.2, 0) is 11.3 Å². The summed E-state index contributed by atoms with van der Waals surface area (Å²) in [6.07, 6.45) is 6.10. The Kier molecular flexibility index (Phi) is 5.08. The monoisotopic (exact) mass is 330 g/mol. The first-order valence-electron chi connectivity index (χ1n) is 8.85. The van der Waals surface area contributed by atoms with Crippen LogP contribution >= 0.6 is 0 Å². The summed E-state index contributed by atoms with van der Waals surface area (Å²) in [7, 11) is 0. The number of amides is 1. The van der Waals surface area contributed by atoms with E-state index in [1.165, 1.54) is 0 Å². The first-order chi connectivity index (χ1) is 11.7. The first kappa shape index (κ1) is 16.8. The molecule has 1 aliphatic heterocycles. The Bertz CT molecular complexity index is 708. The lowest BCUT2D eigenvalue weighted by Crippen LogP contribution is -2.33. The number of hydrogen-bond acceptors (Lipinski definition) is 5. The summed E-state index contributed by atoms with van der Waals surface area (Å²) in [5, 5.41) is 4.71. The Balaban J connectivity index is 1.83. The van der Waals surface area contributed by atoms with Gasteiger partial charge in [0.1, 0.15) is 5.52 Å². The minimum absolute atomic E-state index is 0.134. The minimum Gasteiger partial charge on any atom is -0.342 e. The summed E-state index contributed by atoms with van der Waals surface area (Å²) in [5.74, 6) is 0.635. The lowest BCUT2D eigenvalue weighted by molar-refractivity contribution is -0.134. The number of carbonyl (C=O) groups excluding carboxylic acids is 1. The van der Waals surface area contributed by atoms with Gasteiger partial charge in [0.25, 0.3) is 0 Å². The van der Waals surface area contributed by atoms with Gasteiger partial charge in [-0.05, 0) is 19.3 Å². The largest absolute Gasteiger partial charge is 0.342 e. The fourth-order valence-corrected chi connectivity index (χ4v) is 3.56. The summed E-state index contributed by atoms with van der Waals surface area (Å²) in [4.78, 5) is 23.5. The van der Waals surface area contributed by atoms with E-state index in [4.69, 9.17) is 10.8 Å². The molecule has 0 spiro atoms. The second-order valence-electron chi connectivity index (χ2n) is 6.41. The molecule has 7 nitrogen and oxygen atoms in total. The normalized spacial score (nSPS) is 18.0. The molecule has 0 aliphatic carbocycles. The zero-order chi connectivity index (χ0) is 17.1. The first-order valence-corrected chi connectivity index (χ1v) is 8.85. The van der Waals surface area contributed by atoms with Crippen LogP contribution in [0.4, 0.5) is 0 Å². The third kappa shape index (κ3) is 3.00. The number of aromatic nitrogens is 4. The molecule has 3 heterocycles. The molecule has 2 aromatic heterocycles. The molecular formula is C17H26N6O. The Hall–Kier alpha value is -2.02. The molecular weight excluding hydrogens is 304 g/mol. The molecule has 0 aromatic carbocycles. The van der Waals surface area contributed by atoms with E-state index < -0.39 is 0 Å². The maximum Gasteiger partial charge on any atom is 0.225 e. The SMILES string of the molecule is CCC(CC)C(=O)N1CC[C@H](c2nn(CCN)c3nccnc23)C1. The van der Waals surface area contributed by atoms with Gasteiger partial charge in [0.2, 0.25) is 5.91 Å². The summed E-state index contributed by atoms with van der Waals surface area (Å²) >= 11 is 0. The van der Waals surface area contributed by atoms with Gasteiger partial charge in [0, 0.05) is 43.9 Å². The Labute approximate surface area is 142 Å². The number of nitrogens with zero attached hydrogens (tertiary/aromatic N) is 5. The molecule has 3 rings (SSSR count). The van der Waals surface area contributed by atoms with Crippen LogP contribution in [0.3, 0.4) is 0 Å². The van der Waals surface area contributed by atoms with E-state index in [0.29, 0.717) is 13.1 Å². The summed E-state index contributed by atoms with van der Waals surface area (Å²) in [6, 6.07) is 0. The number of nitrogens with two attached hydrogens (primary N) is 1. The molecule has 130 valence electrons. The zero-order valence-corrected chi connectivity index (χ0v) is 14.5. The van der Waals surface area contributed by atoms with Crippen LogP contribution in [-0.4, -0.2) is 50.2 Å². The van der Waals surface area contributed by atoms with Gasteiger partial charge in [0.05, 0.1) is 12.2 Å². The van der Waals surface area contributed by atoms with E-state index in [0.717, 1.165) is 49.2 Å². The van der Waals surface area contributed by atoms with E-state index in [1.54, 1.807) is 12.4 Å². The van der Waals surface area contributed by atoms with Crippen LogP contribution in [0.2, 0.25) is 0 Å². The third-order valence-corrected chi connectivity index (χ3v) is 4.96. The molecule has 7 heteroatoms. The van der Waals surface area contributed by atoms with Gasteiger partial charge in [-0.25, -0.2) is 14.6 Å². The molecule has 1 fully saturated rings. The molecule has 0 unspecified atom stereocenters. The molecule has 1 aliphatic rings. The maximum atomic E-state index is 12.6. The topological polar surface area (TPSA) is 89.9 Å². The predicted octanol–water partition coefficient (Wildman–Crippen LogP) is 1.54. The number of hydrogen-bond donors (Lipinski definition) is 1. The van der Waals surface area contributed by atoms with Gasteiger partial charge in [-0.2, -0.15) is 5.10 Å². The standard InChI is InChI=1S/C17H26N6O/c1-3-12(4-2)17(24)22-9-5-13(11-22)14-15-16(20-8-7-19-15)23(21-14)10-6-18/h7-8,12-13H,3-6,9-11,18H2,1-2H3/t13-/m0/s1. The third-order valence-electron chi connectivity index (χ3n) is 4.96. The Morgan fingerprint density at radius 1 is 1.33 bits per heavy atom. The molecule has 24 heavy (non-hydrogen) atoms. The molecule has 0 saturated carbocycles. The van der Waals surface area contributed by atoms with E-state index in [9.17, 15) is 4.79 Å². The van der Waals surface area contributed by atoms with Crippen molar-refractivity contribution in [1.29, 1.82) is 0 Å². The number of rotatable bonds is 6. The fourth-order valence-electron chi connectivity index (χ4n) is 3.56. The highest BCUT2D eigenvalue weighted by molar-refractivity contribution is 5.79. The van der Waals surface area contributed by atoms with Crippen LogP contribution in [0.25, 0.3) is 11.2 Å². The number of fused-ring (bicyclic) bond motifs is 1. The average molecular weight is 330 g/mol. The second-order valence-corrected chi connectivity index (χ2v) is 6.41. The molecule has 1 saturated heterocycles. The van der Waals surface area contributed by atoms with Gasteiger partial charge < -0.3 is 10.6 Å². The highest BCUT2D eigenvalue weighted by Gasteiger charge is 2.33. The summed E-state index contributed by atoms with van der Waals surface area (Å²) in [6.45, 7) is 6.82. The van der Waals surface area contributed by atoms with Gasteiger partial charge in [-0.1, -0.05) is 13.8 Å². The van der Waals surface area contributed by atoms with Gasteiger partial charge >= 0.3 is 0 Å². The smallest absolute Gasteiger partial charge is 0.225 e. The van der Waals surface area contributed by atoms with Gasteiger partial charge in [-0.15, -0.1) is 0 Å². The van der Waals surface area contributed by atoms with E-state index in [2.05, 4.69) is 23.8 Å². The van der Waals surface area contributed by atoms with Crippen LogP contribution in [0, 0.1) is 5.92 Å². The van der Waals surface area contributed by atoms with Crippen molar-refractivity contribution in [3.8, 4) is 0 Å². The predicted molar refractivity (Wildman–Crippen MR) is 92.4 cm³/mol. The van der Waals surface area contributed by atoms with Crippen molar-refractivity contribution < 1.29 is 4.79 Å². The van der Waals surface area contributed by atoms with E-state index >= 15 is 0 Å². The highest BCUT2D eigenvalue weighted by Crippen LogP contribution is 2.31. The van der Waals surface area contributed by atoms with E-state index in [-0.39, 0.29) is 17.7 Å². The van der Waals surface area contributed by atoms with Crippen LogP contribution in [0.15, 0.2) is 12.4 Å². The lowest BCUT2D eigenvalue weighted by atomic mass is 10.0. The zero-order valence-electron chi connectivity index (χ0n) is 14.5.